The van der Waals surface area contributed by atoms with Crippen LogP contribution in [0.25, 0.3) is 10.4 Å². The first-order chi connectivity index (χ1) is 29.8. The van der Waals surface area contributed by atoms with Crippen molar-refractivity contribution in [1.82, 2.24) is 0 Å². The molecule has 0 aromatic heterocycles. The van der Waals surface area contributed by atoms with Crippen molar-refractivity contribution in [2.75, 3.05) is 38.3 Å². The van der Waals surface area contributed by atoms with Crippen molar-refractivity contribution in [2.24, 2.45) is 5.11 Å². The van der Waals surface area contributed by atoms with E-state index in [2.05, 4.69) is 15.3 Å². The summed E-state index contributed by atoms with van der Waals surface area (Å²) in [6.07, 6.45) is -28.7. The van der Waals surface area contributed by atoms with Crippen molar-refractivity contribution in [2.45, 2.75) is 106 Å². The van der Waals surface area contributed by atoms with Crippen molar-refractivity contribution < 1.29 is 119 Å². The van der Waals surface area contributed by atoms with Gasteiger partial charge in [0.1, 0.15) is 48.5 Å². The number of halogens is 2. The van der Waals surface area contributed by atoms with Gasteiger partial charge in [0.2, 0.25) is 24.2 Å². The molecular weight excluding hydrogens is 866 g/mol. The third-order valence-electron chi connectivity index (χ3n) is 8.80. The van der Waals surface area contributed by atoms with Gasteiger partial charge in [-0.2, -0.15) is 0 Å². The van der Waals surface area contributed by atoms with E-state index in [4.69, 9.17) is 29.2 Å². The minimum atomic E-state index is -3.29. The van der Waals surface area contributed by atoms with Crippen molar-refractivity contribution >= 4 is 11.6 Å². The van der Waals surface area contributed by atoms with Crippen LogP contribution in [0.3, 0.4) is 0 Å². The number of benzene rings is 1. The maximum absolute atomic E-state index is 13.9. The maximum Gasteiger partial charge on any atom is 0.267 e. The highest BCUT2D eigenvalue weighted by molar-refractivity contribution is 5.90. The van der Waals surface area contributed by atoms with Gasteiger partial charge in [0.05, 0.1) is 12.2 Å². The Morgan fingerprint density at radius 3 is 1.76 bits per heavy atom. The number of aliphatic hydroxyl groups is 16. The summed E-state index contributed by atoms with van der Waals surface area (Å²) in [6.45, 7) is -3.45. The first kappa shape index (κ1) is 54.3. The molecule has 0 radical (unpaired) electrons. The van der Waals surface area contributed by atoms with Crippen LogP contribution in [-0.2, 0) is 23.7 Å². The second-order valence-electron chi connectivity index (χ2n) is 13.3. The molecule has 1 aliphatic rings. The second-order valence-corrected chi connectivity index (χ2v) is 13.3. The summed E-state index contributed by atoms with van der Waals surface area (Å²) in [6, 6.07) is 2.73. The second kappa shape index (κ2) is 26.7. The summed E-state index contributed by atoms with van der Waals surface area (Å²) < 4.78 is 53.3. The molecule has 28 heteroatoms. The van der Waals surface area contributed by atoms with Crippen LogP contribution in [0.4, 0.5) is 14.5 Å². The van der Waals surface area contributed by atoms with E-state index in [0.717, 1.165) is 18.2 Å². The van der Waals surface area contributed by atoms with Gasteiger partial charge in [0.15, 0.2) is 35.1 Å². The number of hydrogen-bond acceptors (Lipinski definition) is 23. The Bertz CT molecular complexity index is 1750. The lowest BCUT2D eigenvalue weighted by Crippen LogP contribution is -2.59. The summed E-state index contributed by atoms with van der Waals surface area (Å²) in [5.74, 6) is -10.2. The third-order valence-corrected chi connectivity index (χ3v) is 8.80. The topological polar surface area (TPSA) is 448 Å². The van der Waals surface area contributed by atoms with Gasteiger partial charge in [-0.15, -0.1) is 0 Å². The highest BCUT2D eigenvalue weighted by Gasteiger charge is 2.45. The van der Waals surface area contributed by atoms with Crippen molar-refractivity contribution in [1.29, 1.82) is 0 Å². The monoisotopic (exact) mass is 918 g/mol. The number of aliphatic hydroxyl groups excluding tert-OH is 16. The molecule has 26 nitrogen and oxygen atoms in total. The predicted octanol–water partition coefficient (Wildman–Crippen LogP) is -0.927. The number of anilines is 1. The third kappa shape index (κ3) is 15.7. The summed E-state index contributed by atoms with van der Waals surface area (Å²) in [4.78, 5) is 14.6. The van der Waals surface area contributed by atoms with Gasteiger partial charge in [-0.25, -0.2) is 8.78 Å². The normalized spacial score (nSPS) is 23.2. The highest BCUT2D eigenvalue weighted by atomic mass is 19.3. The van der Waals surface area contributed by atoms with Gasteiger partial charge in [0, 0.05) is 62.6 Å². The van der Waals surface area contributed by atoms with Gasteiger partial charge in [-0.3, -0.25) is 4.79 Å². The molecule has 1 aromatic carbocycles. The zero-order valence-electron chi connectivity index (χ0n) is 32.9. The smallest absolute Gasteiger partial charge is 0.267 e. The standard InChI is InChI=1S/C35H52F2N4O22/c36-31(37)15-12-14(40-21(46)2-1-8-39-41-38)3-4-16(15)59-32(56)27(52)22(47)17(5-9-42)60-33(57)28(53)23(48)18(6-10-43)61-34(58)29(54)24(49)19(7-11-44)62-35-30(55)26(51)25(50)20(13-45)63-35/h3-4,12,17-20,25-26,30-35,42-45,47-58H,1-2,5-11,13H2,(H,40,46)/b27-22+,28-23+,29-24+/t17-,18-,19-,20?,25-,26?,30?,32+,33-,34-,35+/m1/s1. The molecule has 0 bridgehead atoms. The Labute approximate surface area is 354 Å². The molecule has 1 saturated heterocycles. The average Bonchev–Trinajstić information content (AvgIpc) is 3.26. The Balaban J connectivity index is 2.28. The first-order valence-corrected chi connectivity index (χ1v) is 18.7. The van der Waals surface area contributed by atoms with Crippen LogP contribution >= 0.6 is 0 Å². The van der Waals surface area contributed by atoms with Crippen LogP contribution in [0.2, 0.25) is 0 Å². The first-order valence-electron chi connectivity index (χ1n) is 18.7. The molecule has 1 fully saturated rings. The van der Waals surface area contributed by atoms with Crippen LogP contribution in [0, 0.1) is 0 Å². The van der Waals surface area contributed by atoms with Crippen LogP contribution < -0.4 is 10.1 Å². The summed E-state index contributed by atoms with van der Waals surface area (Å²) >= 11 is 0. The lowest BCUT2D eigenvalue weighted by Gasteiger charge is -2.40. The number of amides is 1. The predicted molar refractivity (Wildman–Crippen MR) is 202 cm³/mol. The Hall–Kier alpha value is -4.88. The summed E-state index contributed by atoms with van der Waals surface area (Å²) in [5, 5.41) is 169. The van der Waals surface area contributed by atoms with Crippen LogP contribution in [0.15, 0.2) is 57.9 Å². The number of nitrogens with one attached hydrogen (secondary N) is 1. The molecular formula is C35H52F2N4O22. The number of ether oxygens (including phenoxy) is 5. The fourth-order valence-electron chi connectivity index (χ4n) is 5.47. The van der Waals surface area contributed by atoms with E-state index in [1.165, 1.54) is 0 Å². The molecule has 1 heterocycles. The molecule has 0 saturated carbocycles. The van der Waals surface area contributed by atoms with E-state index in [1.54, 1.807) is 0 Å². The number of rotatable bonds is 27. The summed E-state index contributed by atoms with van der Waals surface area (Å²) in [5.41, 5.74) is 7.26. The zero-order chi connectivity index (χ0) is 47.6. The van der Waals surface area contributed by atoms with E-state index in [0.29, 0.717) is 0 Å². The molecule has 63 heavy (non-hydrogen) atoms. The number of hydrogen-bond donors (Lipinski definition) is 17. The fourth-order valence-corrected chi connectivity index (χ4v) is 5.47. The quantitative estimate of drug-likeness (QED) is 0.0127. The van der Waals surface area contributed by atoms with Gasteiger partial charge >= 0.3 is 0 Å². The number of carbonyl (C=O) groups excluding carboxylic acids is 1. The van der Waals surface area contributed by atoms with Gasteiger partial charge < -0.3 is 111 Å². The van der Waals surface area contributed by atoms with Gasteiger partial charge in [-0.05, 0) is 30.2 Å². The molecule has 1 amide bonds. The van der Waals surface area contributed by atoms with E-state index in [1.807, 2.05) is 0 Å². The number of nitrogens with zero attached hydrogens (tertiary/aromatic N) is 3. The summed E-state index contributed by atoms with van der Waals surface area (Å²) in [7, 11) is 0. The Morgan fingerprint density at radius 1 is 0.762 bits per heavy atom. The van der Waals surface area contributed by atoms with Crippen molar-refractivity contribution in [3.05, 3.63) is 68.8 Å². The molecule has 17 N–H and O–H groups in total. The fraction of sp³-hybridized carbons (Fsp3) is 0.629. The molecule has 0 aliphatic carbocycles. The maximum atomic E-state index is 13.9. The van der Waals surface area contributed by atoms with Crippen LogP contribution in [-0.4, -0.2) is 188 Å². The van der Waals surface area contributed by atoms with Crippen molar-refractivity contribution in [3.8, 4) is 5.75 Å². The highest BCUT2D eigenvalue weighted by Crippen LogP contribution is 2.33. The molecule has 1 aliphatic heterocycles. The molecule has 2 rings (SSSR count). The minimum absolute atomic E-state index is 0.00208. The Kier molecular flexibility index (Phi) is 23.0. The number of alkyl halides is 2. The van der Waals surface area contributed by atoms with E-state index >= 15 is 0 Å². The average molecular weight is 919 g/mol. The molecule has 358 valence electrons. The number of carbonyl (C=O) groups is 1. The zero-order valence-corrected chi connectivity index (χ0v) is 32.9. The van der Waals surface area contributed by atoms with E-state index in [-0.39, 0.29) is 25.1 Å². The molecule has 3 unspecified atom stereocenters. The van der Waals surface area contributed by atoms with Crippen LogP contribution in [0.5, 0.6) is 5.75 Å². The van der Waals surface area contributed by atoms with E-state index < -0.39 is 172 Å². The Morgan fingerprint density at radius 2 is 1.27 bits per heavy atom. The SMILES string of the molecule is [N-]=[N+]=NCCCC(=O)Nc1ccc(O[C@H](O)/C(O)=C(\O)[C@@H](CCO)O[C@@H](O)/C(O)=C(\O)[C@@H](CCO)O[C@@H](O)/C(O)=C(\O)[C@@H](CCO)O[C@H]2OC(CO)[C@@H](O)C(O)C2O)c(C(F)F)c1. The molecule has 0 spiro atoms. The van der Waals surface area contributed by atoms with Crippen LogP contribution in [0.1, 0.15) is 44.1 Å². The van der Waals surface area contributed by atoms with E-state index in [9.17, 15) is 95.3 Å². The minimum Gasteiger partial charge on any atom is -0.506 e. The number of azide groups is 1. The lowest BCUT2D eigenvalue weighted by molar-refractivity contribution is -0.311. The van der Waals surface area contributed by atoms with Gasteiger partial charge in [-0.1, -0.05) is 5.11 Å². The van der Waals surface area contributed by atoms with Gasteiger partial charge in [0.25, 0.3) is 12.7 Å². The molecule has 11 atom stereocenters. The molecule has 1 aromatic rings. The van der Waals surface area contributed by atoms with Crippen molar-refractivity contribution in [3.63, 3.8) is 0 Å². The lowest BCUT2D eigenvalue weighted by atomic mass is 9.99. The largest absolute Gasteiger partial charge is 0.506 e.